The zero-order chi connectivity index (χ0) is 19.3. The molecule has 0 aromatic heterocycles. The molecule has 2 amide bonds. The van der Waals surface area contributed by atoms with Crippen molar-refractivity contribution in [1.82, 2.24) is 10.6 Å². The summed E-state index contributed by atoms with van der Waals surface area (Å²) >= 11 is 0. The van der Waals surface area contributed by atoms with E-state index in [1.807, 2.05) is 42.5 Å². The molecule has 2 aromatic carbocycles. The Bertz CT molecular complexity index is 816. The third-order valence-electron chi connectivity index (χ3n) is 4.82. The Hall–Kier alpha value is -3.02. The topological polar surface area (TPSA) is 76.7 Å². The van der Waals surface area contributed by atoms with Crippen LogP contribution < -0.4 is 20.1 Å². The van der Waals surface area contributed by atoms with Crippen molar-refractivity contribution in [1.29, 1.82) is 0 Å². The number of ether oxygens (including phenoxy) is 2. The average Bonchev–Trinajstić information content (AvgIpc) is 3.53. The van der Waals surface area contributed by atoms with Crippen LogP contribution in [0.3, 0.4) is 0 Å². The minimum absolute atomic E-state index is 0.212. The Morgan fingerprint density at radius 2 is 1.44 bits per heavy atom. The Kier molecular flexibility index (Phi) is 5.64. The van der Waals surface area contributed by atoms with Crippen molar-refractivity contribution in [3.8, 4) is 11.5 Å². The van der Waals surface area contributed by atoms with Crippen LogP contribution in [0.2, 0.25) is 0 Å². The number of carbonyl (C=O) groups excluding carboxylic acids is 2. The van der Waals surface area contributed by atoms with Gasteiger partial charge in [-0.15, -0.1) is 0 Å². The summed E-state index contributed by atoms with van der Waals surface area (Å²) in [7, 11) is 3.14. The van der Waals surface area contributed by atoms with E-state index in [9.17, 15) is 9.59 Å². The van der Waals surface area contributed by atoms with Crippen LogP contribution in [0.4, 0.5) is 0 Å². The number of amides is 2. The van der Waals surface area contributed by atoms with E-state index in [1.165, 1.54) is 0 Å². The molecule has 1 aliphatic rings. The molecule has 0 radical (unpaired) electrons. The highest BCUT2D eigenvalue weighted by Crippen LogP contribution is 2.46. The number of rotatable bonds is 8. The van der Waals surface area contributed by atoms with Crippen molar-refractivity contribution in [3.05, 3.63) is 59.7 Å². The molecular weight excluding hydrogens is 344 g/mol. The first-order chi connectivity index (χ1) is 13.1. The summed E-state index contributed by atoms with van der Waals surface area (Å²) in [6.07, 6.45) is 1.15. The molecule has 0 bridgehead atoms. The van der Waals surface area contributed by atoms with Crippen LogP contribution in [0.15, 0.2) is 48.5 Å². The lowest BCUT2D eigenvalue weighted by Crippen LogP contribution is -2.42. The SMILES string of the molecule is COc1ccc(CNC(=O)C2(C(=O)NCc3ccccc3)CC2)cc1OC. The second-order valence-corrected chi connectivity index (χ2v) is 6.62. The van der Waals surface area contributed by atoms with Gasteiger partial charge in [0.2, 0.25) is 11.8 Å². The fourth-order valence-corrected chi connectivity index (χ4v) is 2.97. The largest absolute Gasteiger partial charge is 0.493 e. The highest BCUT2D eigenvalue weighted by Gasteiger charge is 2.56. The zero-order valence-electron chi connectivity index (χ0n) is 15.6. The van der Waals surface area contributed by atoms with Crippen molar-refractivity contribution in [2.45, 2.75) is 25.9 Å². The monoisotopic (exact) mass is 368 g/mol. The van der Waals surface area contributed by atoms with Crippen LogP contribution in [0, 0.1) is 5.41 Å². The molecular formula is C21H24N2O4. The van der Waals surface area contributed by atoms with Gasteiger partial charge >= 0.3 is 0 Å². The molecule has 1 aliphatic carbocycles. The molecule has 1 fully saturated rings. The number of benzene rings is 2. The molecule has 0 spiro atoms. The molecule has 0 aliphatic heterocycles. The summed E-state index contributed by atoms with van der Waals surface area (Å²) < 4.78 is 10.5. The molecule has 2 N–H and O–H groups in total. The molecule has 0 atom stereocenters. The molecule has 6 heteroatoms. The van der Waals surface area contributed by atoms with Crippen LogP contribution >= 0.6 is 0 Å². The quantitative estimate of drug-likeness (QED) is 0.702. The van der Waals surface area contributed by atoms with Gasteiger partial charge in [0.05, 0.1) is 14.2 Å². The molecule has 1 saturated carbocycles. The lowest BCUT2D eigenvalue weighted by atomic mass is 10.0. The maximum Gasteiger partial charge on any atom is 0.235 e. The summed E-state index contributed by atoms with van der Waals surface area (Å²) in [6, 6.07) is 15.1. The van der Waals surface area contributed by atoms with Crippen molar-refractivity contribution in [2.75, 3.05) is 14.2 Å². The van der Waals surface area contributed by atoms with Crippen molar-refractivity contribution in [2.24, 2.45) is 5.41 Å². The van der Waals surface area contributed by atoms with Gasteiger partial charge in [-0.3, -0.25) is 9.59 Å². The minimum atomic E-state index is -0.939. The van der Waals surface area contributed by atoms with Gasteiger partial charge in [0.1, 0.15) is 5.41 Å². The van der Waals surface area contributed by atoms with E-state index < -0.39 is 5.41 Å². The average molecular weight is 368 g/mol. The van der Waals surface area contributed by atoms with Crippen molar-refractivity contribution in [3.63, 3.8) is 0 Å². The Labute approximate surface area is 158 Å². The van der Waals surface area contributed by atoms with Crippen LogP contribution in [-0.2, 0) is 22.7 Å². The summed E-state index contributed by atoms with van der Waals surface area (Å²) in [5, 5.41) is 5.75. The first kappa shape index (κ1) is 18.8. The second-order valence-electron chi connectivity index (χ2n) is 6.62. The Morgan fingerprint density at radius 1 is 0.852 bits per heavy atom. The summed E-state index contributed by atoms with van der Waals surface area (Å²) in [6.45, 7) is 0.747. The van der Waals surface area contributed by atoms with E-state index in [0.717, 1.165) is 11.1 Å². The van der Waals surface area contributed by atoms with E-state index >= 15 is 0 Å². The molecule has 3 rings (SSSR count). The first-order valence-electron chi connectivity index (χ1n) is 8.90. The third kappa shape index (κ3) is 4.22. The fourth-order valence-electron chi connectivity index (χ4n) is 2.97. The van der Waals surface area contributed by atoms with Crippen molar-refractivity contribution >= 4 is 11.8 Å². The highest BCUT2D eigenvalue weighted by molar-refractivity contribution is 6.07. The summed E-state index contributed by atoms with van der Waals surface area (Å²) in [5.74, 6) is 0.788. The van der Waals surface area contributed by atoms with Crippen LogP contribution in [0.1, 0.15) is 24.0 Å². The smallest absolute Gasteiger partial charge is 0.235 e. The second kappa shape index (κ2) is 8.12. The molecule has 6 nitrogen and oxygen atoms in total. The molecule has 2 aromatic rings. The Balaban J connectivity index is 1.56. The number of carbonyl (C=O) groups is 2. The Morgan fingerprint density at radius 3 is 2.00 bits per heavy atom. The van der Waals surface area contributed by atoms with Gasteiger partial charge in [0.15, 0.2) is 11.5 Å². The zero-order valence-corrected chi connectivity index (χ0v) is 15.6. The van der Waals surface area contributed by atoms with Crippen LogP contribution in [0.25, 0.3) is 0 Å². The standard InChI is InChI=1S/C21H24N2O4/c1-26-17-9-8-16(12-18(17)27-2)14-23-20(25)21(10-11-21)19(24)22-13-15-6-4-3-5-7-15/h3-9,12H,10-11,13-14H2,1-2H3,(H,22,24)(H,23,25). The predicted molar refractivity (Wildman–Crippen MR) is 101 cm³/mol. The lowest BCUT2D eigenvalue weighted by molar-refractivity contribution is -0.137. The normalized spacial score (nSPS) is 14.1. The van der Waals surface area contributed by atoms with E-state index in [1.54, 1.807) is 20.3 Å². The van der Waals surface area contributed by atoms with Gasteiger partial charge in [0.25, 0.3) is 0 Å². The minimum Gasteiger partial charge on any atom is -0.493 e. The van der Waals surface area contributed by atoms with Gasteiger partial charge < -0.3 is 20.1 Å². The van der Waals surface area contributed by atoms with Crippen LogP contribution in [-0.4, -0.2) is 26.0 Å². The van der Waals surface area contributed by atoms with Gasteiger partial charge in [-0.1, -0.05) is 36.4 Å². The summed E-state index contributed by atoms with van der Waals surface area (Å²) in [4.78, 5) is 25.1. The number of hydrogen-bond acceptors (Lipinski definition) is 4. The lowest BCUT2D eigenvalue weighted by Gasteiger charge is -2.16. The van der Waals surface area contributed by atoms with E-state index in [-0.39, 0.29) is 11.8 Å². The molecule has 0 unspecified atom stereocenters. The van der Waals surface area contributed by atoms with Crippen molar-refractivity contribution < 1.29 is 19.1 Å². The highest BCUT2D eigenvalue weighted by atomic mass is 16.5. The maximum absolute atomic E-state index is 12.6. The predicted octanol–water partition coefficient (Wildman–Crippen LogP) is 2.42. The molecule has 142 valence electrons. The number of hydrogen-bond donors (Lipinski definition) is 2. The van der Waals surface area contributed by atoms with Gasteiger partial charge in [-0.05, 0) is 36.1 Å². The molecule has 0 saturated heterocycles. The van der Waals surface area contributed by atoms with Gasteiger partial charge in [-0.25, -0.2) is 0 Å². The van der Waals surface area contributed by atoms with E-state index in [0.29, 0.717) is 37.4 Å². The fraction of sp³-hybridized carbons (Fsp3) is 0.333. The maximum atomic E-state index is 12.6. The van der Waals surface area contributed by atoms with Gasteiger partial charge in [-0.2, -0.15) is 0 Å². The molecule has 0 heterocycles. The number of nitrogens with one attached hydrogen (secondary N) is 2. The third-order valence-corrected chi connectivity index (χ3v) is 4.82. The van der Waals surface area contributed by atoms with Crippen LogP contribution in [0.5, 0.6) is 11.5 Å². The van der Waals surface area contributed by atoms with Gasteiger partial charge in [0, 0.05) is 13.1 Å². The summed E-state index contributed by atoms with van der Waals surface area (Å²) in [5.41, 5.74) is 0.944. The number of methoxy groups -OCH3 is 2. The first-order valence-corrected chi connectivity index (χ1v) is 8.90. The molecule has 27 heavy (non-hydrogen) atoms. The van der Waals surface area contributed by atoms with E-state index in [4.69, 9.17) is 9.47 Å². The van der Waals surface area contributed by atoms with E-state index in [2.05, 4.69) is 10.6 Å².